The molecule has 1 aromatic carbocycles. The first-order valence-corrected chi connectivity index (χ1v) is 5.27. The molecule has 2 rings (SSSR count). The molecule has 0 saturated carbocycles. The summed E-state index contributed by atoms with van der Waals surface area (Å²) in [5.41, 5.74) is 6.30. The van der Waals surface area contributed by atoms with Crippen LogP contribution in [0.4, 0.5) is 4.39 Å². The Morgan fingerprint density at radius 3 is 2.88 bits per heavy atom. The van der Waals surface area contributed by atoms with E-state index in [0.717, 1.165) is 5.76 Å². The van der Waals surface area contributed by atoms with Crippen molar-refractivity contribution in [2.75, 3.05) is 0 Å². The molecule has 0 spiro atoms. The average Bonchev–Trinajstić information content (AvgIpc) is 2.74. The molecule has 0 radical (unpaired) electrons. The van der Waals surface area contributed by atoms with Crippen molar-refractivity contribution in [1.29, 1.82) is 0 Å². The van der Waals surface area contributed by atoms with Gasteiger partial charge in [0.15, 0.2) is 0 Å². The summed E-state index contributed by atoms with van der Waals surface area (Å²) in [5.74, 6) is 0.385. The van der Waals surface area contributed by atoms with Crippen LogP contribution in [0.3, 0.4) is 0 Å². The zero-order chi connectivity index (χ0) is 11.5. The van der Waals surface area contributed by atoms with E-state index in [1.54, 1.807) is 18.4 Å². The fourth-order valence-corrected chi connectivity index (χ4v) is 1.73. The molecule has 0 aliphatic rings. The third-order valence-electron chi connectivity index (χ3n) is 2.36. The van der Waals surface area contributed by atoms with Gasteiger partial charge in [-0.1, -0.05) is 11.6 Å². The second kappa shape index (κ2) is 4.68. The fourth-order valence-electron chi connectivity index (χ4n) is 1.55. The van der Waals surface area contributed by atoms with E-state index in [1.807, 2.05) is 6.07 Å². The SMILES string of the molecule is NC(Cc1ccco1)c1cc(Cl)ccc1F. The zero-order valence-electron chi connectivity index (χ0n) is 8.49. The topological polar surface area (TPSA) is 39.2 Å². The van der Waals surface area contributed by atoms with Gasteiger partial charge in [0.25, 0.3) is 0 Å². The Morgan fingerprint density at radius 1 is 1.38 bits per heavy atom. The lowest BCUT2D eigenvalue weighted by molar-refractivity contribution is 0.481. The lowest BCUT2D eigenvalue weighted by Crippen LogP contribution is -2.14. The normalized spacial score (nSPS) is 12.7. The van der Waals surface area contributed by atoms with Gasteiger partial charge in [0.05, 0.1) is 6.26 Å². The Kier molecular flexibility index (Phi) is 3.27. The van der Waals surface area contributed by atoms with Crippen LogP contribution >= 0.6 is 11.6 Å². The molecule has 2 nitrogen and oxygen atoms in total. The summed E-state index contributed by atoms with van der Waals surface area (Å²) in [4.78, 5) is 0. The van der Waals surface area contributed by atoms with E-state index < -0.39 is 6.04 Å². The van der Waals surface area contributed by atoms with Gasteiger partial charge in [0, 0.05) is 23.0 Å². The molecular formula is C12H11ClFNO. The predicted octanol–water partition coefficient (Wildman–Crippen LogP) is 3.31. The summed E-state index contributed by atoms with van der Waals surface area (Å²) in [6.45, 7) is 0. The molecule has 0 fully saturated rings. The van der Waals surface area contributed by atoms with Crippen LogP contribution in [0.5, 0.6) is 0 Å². The summed E-state index contributed by atoms with van der Waals surface area (Å²) in [7, 11) is 0. The maximum Gasteiger partial charge on any atom is 0.128 e. The number of benzene rings is 1. The fraction of sp³-hybridized carbons (Fsp3) is 0.167. The minimum absolute atomic E-state index is 0.344. The first kappa shape index (κ1) is 11.2. The monoisotopic (exact) mass is 239 g/mol. The van der Waals surface area contributed by atoms with Gasteiger partial charge in [0.1, 0.15) is 11.6 Å². The number of furan rings is 1. The van der Waals surface area contributed by atoms with Crippen molar-refractivity contribution < 1.29 is 8.81 Å². The molecule has 0 amide bonds. The number of halogens is 2. The number of nitrogens with two attached hydrogens (primary N) is 1. The van der Waals surface area contributed by atoms with E-state index in [-0.39, 0.29) is 5.82 Å². The van der Waals surface area contributed by atoms with Crippen LogP contribution in [0, 0.1) is 5.82 Å². The molecular weight excluding hydrogens is 229 g/mol. The Labute approximate surface area is 97.8 Å². The van der Waals surface area contributed by atoms with E-state index in [1.165, 1.54) is 12.1 Å². The average molecular weight is 240 g/mol. The van der Waals surface area contributed by atoms with Crippen LogP contribution in [-0.4, -0.2) is 0 Å². The van der Waals surface area contributed by atoms with E-state index in [4.69, 9.17) is 21.8 Å². The second-order valence-corrected chi connectivity index (χ2v) is 3.99. The minimum Gasteiger partial charge on any atom is -0.469 e. The van der Waals surface area contributed by atoms with Crippen LogP contribution in [-0.2, 0) is 6.42 Å². The van der Waals surface area contributed by atoms with Crippen molar-refractivity contribution in [3.63, 3.8) is 0 Å². The van der Waals surface area contributed by atoms with Crippen molar-refractivity contribution in [2.24, 2.45) is 5.73 Å². The molecule has 0 aliphatic heterocycles. The Hall–Kier alpha value is -1.32. The lowest BCUT2D eigenvalue weighted by atomic mass is 10.0. The van der Waals surface area contributed by atoms with Crippen LogP contribution in [0.15, 0.2) is 41.0 Å². The molecule has 2 aromatic rings. The molecule has 1 atom stereocenters. The number of hydrogen-bond acceptors (Lipinski definition) is 2. The second-order valence-electron chi connectivity index (χ2n) is 3.56. The van der Waals surface area contributed by atoms with Gasteiger partial charge in [-0.15, -0.1) is 0 Å². The van der Waals surface area contributed by atoms with Gasteiger partial charge >= 0.3 is 0 Å². The molecule has 1 heterocycles. The van der Waals surface area contributed by atoms with E-state index in [2.05, 4.69) is 0 Å². The van der Waals surface area contributed by atoms with Crippen molar-refractivity contribution in [3.05, 3.63) is 58.8 Å². The van der Waals surface area contributed by atoms with Gasteiger partial charge in [-0.3, -0.25) is 0 Å². The molecule has 0 aliphatic carbocycles. The van der Waals surface area contributed by atoms with E-state index >= 15 is 0 Å². The molecule has 2 N–H and O–H groups in total. The smallest absolute Gasteiger partial charge is 0.128 e. The van der Waals surface area contributed by atoms with E-state index in [0.29, 0.717) is 17.0 Å². The molecule has 0 saturated heterocycles. The van der Waals surface area contributed by atoms with Crippen molar-refractivity contribution in [2.45, 2.75) is 12.5 Å². The maximum absolute atomic E-state index is 13.5. The highest BCUT2D eigenvalue weighted by Crippen LogP contribution is 2.22. The quantitative estimate of drug-likeness (QED) is 0.893. The highest BCUT2D eigenvalue weighted by Gasteiger charge is 2.13. The minimum atomic E-state index is -0.454. The maximum atomic E-state index is 13.5. The van der Waals surface area contributed by atoms with Crippen LogP contribution in [0.25, 0.3) is 0 Å². The van der Waals surface area contributed by atoms with Crippen molar-refractivity contribution in [1.82, 2.24) is 0 Å². The van der Waals surface area contributed by atoms with Gasteiger partial charge in [0.2, 0.25) is 0 Å². The number of hydrogen-bond donors (Lipinski definition) is 1. The van der Waals surface area contributed by atoms with Crippen molar-refractivity contribution >= 4 is 11.6 Å². The molecule has 0 bridgehead atoms. The largest absolute Gasteiger partial charge is 0.469 e. The van der Waals surface area contributed by atoms with E-state index in [9.17, 15) is 4.39 Å². The molecule has 4 heteroatoms. The number of rotatable bonds is 3. The summed E-state index contributed by atoms with van der Waals surface area (Å²) < 4.78 is 18.6. The highest BCUT2D eigenvalue weighted by atomic mass is 35.5. The Morgan fingerprint density at radius 2 is 2.19 bits per heavy atom. The Bertz CT molecular complexity index is 470. The van der Waals surface area contributed by atoms with Crippen LogP contribution in [0.2, 0.25) is 5.02 Å². The standard InChI is InChI=1S/C12H11ClFNO/c13-8-3-4-11(14)10(6-8)12(15)7-9-2-1-5-16-9/h1-6,12H,7,15H2. The third kappa shape index (κ3) is 2.43. The van der Waals surface area contributed by atoms with Gasteiger partial charge < -0.3 is 10.2 Å². The summed E-state index contributed by atoms with van der Waals surface area (Å²) >= 11 is 5.80. The molecule has 1 aromatic heterocycles. The zero-order valence-corrected chi connectivity index (χ0v) is 9.25. The Balaban J connectivity index is 2.20. The summed E-state index contributed by atoms with van der Waals surface area (Å²) in [5, 5.41) is 0.478. The molecule has 16 heavy (non-hydrogen) atoms. The van der Waals surface area contributed by atoms with Gasteiger partial charge in [-0.25, -0.2) is 4.39 Å². The third-order valence-corrected chi connectivity index (χ3v) is 2.59. The van der Waals surface area contributed by atoms with Gasteiger partial charge in [-0.2, -0.15) is 0 Å². The van der Waals surface area contributed by atoms with Gasteiger partial charge in [-0.05, 0) is 30.3 Å². The molecule has 1 unspecified atom stereocenters. The first-order valence-electron chi connectivity index (χ1n) is 4.89. The van der Waals surface area contributed by atoms with Crippen molar-refractivity contribution in [3.8, 4) is 0 Å². The lowest BCUT2D eigenvalue weighted by Gasteiger charge is -2.11. The predicted molar refractivity (Wildman–Crippen MR) is 60.8 cm³/mol. The highest BCUT2D eigenvalue weighted by molar-refractivity contribution is 6.30. The summed E-state index contributed by atoms with van der Waals surface area (Å²) in [6.07, 6.45) is 2.01. The first-order chi connectivity index (χ1) is 7.66. The molecule has 84 valence electrons. The summed E-state index contributed by atoms with van der Waals surface area (Å²) in [6, 6.07) is 7.49. The van der Waals surface area contributed by atoms with Crippen LogP contribution < -0.4 is 5.73 Å². The van der Waals surface area contributed by atoms with Crippen LogP contribution in [0.1, 0.15) is 17.4 Å².